The summed E-state index contributed by atoms with van der Waals surface area (Å²) in [6.07, 6.45) is 0.957. The van der Waals surface area contributed by atoms with Crippen molar-refractivity contribution in [1.29, 1.82) is 0 Å². The van der Waals surface area contributed by atoms with Gasteiger partial charge in [-0.3, -0.25) is 0 Å². The molecule has 1 heterocycles. The van der Waals surface area contributed by atoms with Gasteiger partial charge in [0.2, 0.25) is 0 Å². The molecule has 2 aromatic carbocycles. The second-order valence-electron chi connectivity index (χ2n) is 4.95. The van der Waals surface area contributed by atoms with Gasteiger partial charge >= 0.3 is 0 Å². The van der Waals surface area contributed by atoms with E-state index in [0.717, 1.165) is 30.1 Å². The molecule has 20 heavy (non-hydrogen) atoms. The zero-order chi connectivity index (χ0) is 13.8. The van der Waals surface area contributed by atoms with E-state index in [9.17, 15) is 5.11 Å². The van der Waals surface area contributed by atoms with Gasteiger partial charge in [-0.2, -0.15) is 0 Å². The number of fused-ring (bicyclic) bond motifs is 1. The quantitative estimate of drug-likeness (QED) is 0.927. The molecular formula is C17H18O3. The number of hydrogen-bond acceptors (Lipinski definition) is 3. The highest BCUT2D eigenvalue weighted by Gasteiger charge is 2.21. The second-order valence-corrected chi connectivity index (χ2v) is 4.95. The van der Waals surface area contributed by atoms with Gasteiger partial charge in [0.1, 0.15) is 11.5 Å². The lowest BCUT2D eigenvalue weighted by molar-refractivity contribution is 0.211. The van der Waals surface area contributed by atoms with Gasteiger partial charge in [-0.15, -0.1) is 0 Å². The predicted molar refractivity (Wildman–Crippen MR) is 77.2 cm³/mol. The topological polar surface area (TPSA) is 38.7 Å². The van der Waals surface area contributed by atoms with E-state index in [0.29, 0.717) is 12.5 Å². The fourth-order valence-corrected chi connectivity index (χ4v) is 2.55. The van der Waals surface area contributed by atoms with Crippen molar-refractivity contribution in [3.63, 3.8) is 0 Å². The molecule has 1 atom stereocenters. The van der Waals surface area contributed by atoms with E-state index in [1.54, 1.807) is 0 Å². The SMILES string of the molecule is OCc1ccccc1OCC1CCOc2ccccc21. The maximum absolute atomic E-state index is 9.31. The molecule has 3 heteroatoms. The third-order valence-electron chi connectivity index (χ3n) is 3.67. The first-order chi connectivity index (χ1) is 9.88. The standard InChI is InChI=1S/C17H18O3/c18-11-13-5-1-3-7-16(13)20-12-14-9-10-19-17-8-4-2-6-15(14)17/h1-8,14,18H,9-12H2. The second kappa shape index (κ2) is 5.97. The van der Waals surface area contributed by atoms with Gasteiger partial charge in [-0.25, -0.2) is 0 Å². The van der Waals surface area contributed by atoms with Crippen LogP contribution in [0.1, 0.15) is 23.5 Å². The molecule has 1 N–H and O–H groups in total. The summed E-state index contributed by atoms with van der Waals surface area (Å²) in [4.78, 5) is 0. The van der Waals surface area contributed by atoms with Gasteiger partial charge in [-0.05, 0) is 18.6 Å². The molecular weight excluding hydrogens is 252 g/mol. The zero-order valence-electron chi connectivity index (χ0n) is 11.3. The van der Waals surface area contributed by atoms with Gasteiger partial charge in [0.15, 0.2) is 0 Å². The summed E-state index contributed by atoms with van der Waals surface area (Å²) >= 11 is 0. The zero-order valence-corrected chi connectivity index (χ0v) is 11.3. The molecule has 0 saturated heterocycles. The van der Waals surface area contributed by atoms with Crippen molar-refractivity contribution in [2.45, 2.75) is 18.9 Å². The van der Waals surface area contributed by atoms with Crippen LogP contribution in [-0.2, 0) is 6.61 Å². The number of para-hydroxylation sites is 2. The van der Waals surface area contributed by atoms with Crippen molar-refractivity contribution >= 4 is 0 Å². The van der Waals surface area contributed by atoms with Crippen molar-refractivity contribution in [3.8, 4) is 11.5 Å². The summed E-state index contributed by atoms with van der Waals surface area (Å²) in [5, 5.41) is 9.31. The average Bonchev–Trinajstić information content (AvgIpc) is 2.53. The van der Waals surface area contributed by atoms with Crippen LogP contribution in [0.2, 0.25) is 0 Å². The minimum atomic E-state index is 0.000534. The van der Waals surface area contributed by atoms with Crippen LogP contribution in [0.3, 0.4) is 0 Å². The Balaban J connectivity index is 1.73. The highest BCUT2D eigenvalue weighted by molar-refractivity contribution is 5.38. The Morgan fingerprint density at radius 1 is 1.10 bits per heavy atom. The average molecular weight is 270 g/mol. The minimum Gasteiger partial charge on any atom is -0.493 e. The largest absolute Gasteiger partial charge is 0.493 e. The minimum absolute atomic E-state index is 0.000534. The third-order valence-corrected chi connectivity index (χ3v) is 3.67. The van der Waals surface area contributed by atoms with E-state index in [1.807, 2.05) is 42.5 Å². The fraction of sp³-hybridized carbons (Fsp3) is 0.294. The molecule has 0 radical (unpaired) electrons. The van der Waals surface area contributed by atoms with Gasteiger partial charge in [0.05, 0.1) is 19.8 Å². The Morgan fingerprint density at radius 3 is 2.80 bits per heavy atom. The summed E-state index contributed by atoms with van der Waals surface area (Å²) in [5.41, 5.74) is 2.04. The first-order valence-corrected chi connectivity index (χ1v) is 6.92. The normalized spacial score (nSPS) is 17.1. The molecule has 0 spiro atoms. The van der Waals surface area contributed by atoms with Crippen molar-refractivity contribution in [1.82, 2.24) is 0 Å². The number of hydrogen-bond donors (Lipinski definition) is 1. The Kier molecular flexibility index (Phi) is 3.88. The van der Waals surface area contributed by atoms with E-state index in [1.165, 1.54) is 5.56 Å². The van der Waals surface area contributed by atoms with E-state index in [2.05, 4.69) is 6.07 Å². The van der Waals surface area contributed by atoms with Crippen LogP contribution in [0.4, 0.5) is 0 Å². The highest BCUT2D eigenvalue weighted by Crippen LogP contribution is 2.34. The van der Waals surface area contributed by atoms with Crippen LogP contribution in [0, 0.1) is 0 Å². The van der Waals surface area contributed by atoms with Crippen molar-refractivity contribution in [3.05, 3.63) is 59.7 Å². The maximum Gasteiger partial charge on any atom is 0.124 e. The molecule has 104 valence electrons. The predicted octanol–water partition coefficient (Wildman–Crippen LogP) is 3.12. The number of benzene rings is 2. The van der Waals surface area contributed by atoms with Gasteiger partial charge < -0.3 is 14.6 Å². The summed E-state index contributed by atoms with van der Waals surface area (Å²) < 4.78 is 11.6. The molecule has 2 aromatic rings. The van der Waals surface area contributed by atoms with E-state index in [4.69, 9.17) is 9.47 Å². The Hall–Kier alpha value is -2.00. The first-order valence-electron chi connectivity index (χ1n) is 6.92. The molecule has 0 fully saturated rings. The number of rotatable bonds is 4. The summed E-state index contributed by atoms with van der Waals surface area (Å²) in [5.74, 6) is 2.06. The van der Waals surface area contributed by atoms with E-state index >= 15 is 0 Å². The molecule has 0 amide bonds. The summed E-state index contributed by atoms with van der Waals surface area (Å²) in [6.45, 7) is 1.34. The van der Waals surface area contributed by atoms with Crippen LogP contribution in [0.15, 0.2) is 48.5 Å². The summed E-state index contributed by atoms with van der Waals surface area (Å²) in [6, 6.07) is 15.7. The van der Waals surface area contributed by atoms with E-state index < -0.39 is 0 Å². The Morgan fingerprint density at radius 2 is 1.90 bits per heavy atom. The molecule has 0 saturated carbocycles. The molecule has 3 nitrogen and oxygen atoms in total. The lowest BCUT2D eigenvalue weighted by Crippen LogP contribution is -2.19. The van der Waals surface area contributed by atoms with Crippen molar-refractivity contribution in [2.24, 2.45) is 0 Å². The van der Waals surface area contributed by atoms with Crippen LogP contribution in [-0.4, -0.2) is 18.3 Å². The lowest BCUT2D eigenvalue weighted by atomic mass is 9.94. The molecule has 3 rings (SSSR count). The Labute approximate surface area is 118 Å². The smallest absolute Gasteiger partial charge is 0.124 e. The van der Waals surface area contributed by atoms with Gasteiger partial charge in [0.25, 0.3) is 0 Å². The monoisotopic (exact) mass is 270 g/mol. The first kappa shape index (κ1) is 13.0. The molecule has 0 aromatic heterocycles. The molecule has 0 bridgehead atoms. The van der Waals surface area contributed by atoms with E-state index in [-0.39, 0.29) is 6.61 Å². The molecule has 0 aliphatic carbocycles. The van der Waals surface area contributed by atoms with Gasteiger partial charge in [0, 0.05) is 17.0 Å². The van der Waals surface area contributed by atoms with Crippen LogP contribution >= 0.6 is 0 Å². The van der Waals surface area contributed by atoms with Gasteiger partial charge in [-0.1, -0.05) is 36.4 Å². The van der Waals surface area contributed by atoms with Crippen LogP contribution in [0.5, 0.6) is 11.5 Å². The molecule has 1 aliphatic heterocycles. The molecule has 1 unspecified atom stereocenters. The number of aliphatic hydroxyl groups is 1. The highest BCUT2D eigenvalue weighted by atomic mass is 16.5. The fourth-order valence-electron chi connectivity index (χ4n) is 2.55. The number of aliphatic hydroxyl groups excluding tert-OH is 1. The molecule has 1 aliphatic rings. The maximum atomic E-state index is 9.31. The van der Waals surface area contributed by atoms with Crippen LogP contribution < -0.4 is 9.47 Å². The van der Waals surface area contributed by atoms with Crippen molar-refractivity contribution in [2.75, 3.05) is 13.2 Å². The lowest BCUT2D eigenvalue weighted by Gasteiger charge is -2.26. The third kappa shape index (κ3) is 2.63. The number of ether oxygens (including phenoxy) is 2. The van der Waals surface area contributed by atoms with Crippen molar-refractivity contribution < 1.29 is 14.6 Å². The summed E-state index contributed by atoms with van der Waals surface area (Å²) in [7, 11) is 0. The van der Waals surface area contributed by atoms with Crippen LogP contribution in [0.25, 0.3) is 0 Å². The Bertz CT molecular complexity index is 580.